The van der Waals surface area contributed by atoms with Gasteiger partial charge >= 0.3 is 0 Å². The van der Waals surface area contributed by atoms with Gasteiger partial charge in [0.1, 0.15) is 23.1 Å². The zero-order valence-electron chi connectivity index (χ0n) is 16.2. The summed E-state index contributed by atoms with van der Waals surface area (Å²) in [5.41, 5.74) is 2.01. The number of ether oxygens (including phenoxy) is 3. The van der Waals surface area contributed by atoms with Gasteiger partial charge in [0.25, 0.3) is 0 Å². The topological polar surface area (TPSA) is 84.9 Å². The van der Waals surface area contributed by atoms with Crippen molar-refractivity contribution in [3.8, 4) is 5.75 Å². The lowest BCUT2D eigenvalue weighted by molar-refractivity contribution is -0.121. The first kappa shape index (κ1) is 20.7. The monoisotopic (exact) mass is 425 g/mol. The van der Waals surface area contributed by atoms with Gasteiger partial charge in [0, 0.05) is 31.2 Å². The molecule has 0 fully saturated rings. The van der Waals surface area contributed by atoms with Crippen LogP contribution in [0.15, 0.2) is 23.6 Å². The largest absolute Gasteiger partial charge is 0.507 e. The average Bonchev–Trinajstić information content (AvgIpc) is 3.12. The highest BCUT2D eigenvalue weighted by Crippen LogP contribution is 2.43. The molecule has 0 saturated carbocycles. The highest BCUT2D eigenvalue weighted by Gasteiger charge is 2.25. The number of methoxy groups -OCH3 is 2. The van der Waals surface area contributed by atoms with E-state index in [-0.39, 0.29) is 18.4 Å². The van der Waals surface area contributed by atoms with Crippen LogP contribution in [0.25, 0.3) is 5.76 Å². The quantitative estimate of drug-likeness (QED) is 0.529. The molecule has 3 rings (SSSR count). The van der Waals surface area contributed by atoms with Gasteiger partial charge in [0.2, 0.25) is 0 Å². The molecule has 7 nitrogen and oxygen atoms in total. The van der Waals surface area contributed by atoms with Crippen molar-refractivity contribution in [3.05, 3.63) is 39.9 Å². The van der Waals surface area contributed by atoms with E-state index in [1.807, 2.05) is 5.38 Å². The van der Waals surface area contributed by atoms with Gasteiger partial charge in [-0.05, 0) is 32.1 Å². The van der Waals surface area contributed by atoms with Crippen molar-refractivity contribution in [1.29, 1.82) is 0 Å². The van der Waals surface area contributed by atoms with E-state index in [9.17, 15) is 5.11 Å². The first-order valence-electron chi connectivity index (χ1n) is 8.83. The summed E-state index contributed by atoms with van der Waals surface area (Å²) in [7, 11) is 3.08. The first-order chi connectivity index (χ1) is 13.4. The third kappa shape index (κ3) is 4.52. The minimum atomic E-state index is -0.497. The van der Waals surface area contributed by atoms with Crippen LogP contribution < -0.4 is 15.4 Å². The molecule has 1 atom stereocenters. The predicted molar refractivity (Wildman–Crippen MR) is 113 cm³/mol. The summed E-state index contributed by atoms with van der Waals surface area (Å²) in [6.45, 7) is 4.30. The second kappa shape index (κ2) is 9.00. The zero-order chi connectivity index (χ0) is 20.3. The standard InChI is InChI=1S/C19H24ClN3O4S/c1-10(2)21-19-23-13(9-28-19)12-7-14(24)11-5-6-15(17(20)18(11)22-12)27-8-16(25-3)26-4/h5-7,9-10,12,16,22,24H,8H2,1-4H3,(H,21,23). The fourth-order valence-electron chi connectivity index (χ4n) is 2.76. The third-order valence-electron chi connectivity index (χ3n) is 4.16. The Bertz CT molecular complexity index is 852. The van der Waals surface area contributed by atoms with E-state index < -0.39 is 6.29 Å². The van der Waals surface area contributed by atoms with E-state index in [0.29, 0.717) is 28.1 Å². The first-order valence-corrected chi connectivity index (χ1v) is 10.1. The summed E-state index contributed by atoms with van der Waals surface area (Å²) >= 11 is 8.07. The Morgan fingerprint density at radius 3 is 2.75 bits per heavy atom. The average molecular weight is 426 g/mol. The van der Waals surface area contributed by atoms with Crippen molar-refractivity contribution in [1.82, 2.24) is 4.98 Å². The van der Waals surface area contributed by atoms with Crippen molar-refractivity contribution in [2.24, 2.45) is 0 Å². The molecule has 9 heteroatoms. The van der Waals surface area contributed by atoms with Crippen LogP contribution >= 0.6 is 22.9 Å². The molecular weight excluding hydrogens is 402 g/mol. The number of aliphatic hydroxyl groups excluding tert-OH is 1. The molecule has 0 aliphatic carbocycles. The highest BCUT2D eigenvalue weighted by molar-refractivity contribution is 7.13. The van der Waals surface area contributed by atoms with Gasteiger partial charge in [-0.3, -0.25) is 0 Å². The number of halogens is 1. The van der Waals surface area contributed by atoms with Crippen molar-refractivity contribution >= 4 is 39.5 Å². The number of nitrogens with zero attached hydrogens (tertiary/aromatic N) is 1. The van der Waals surface area contributed by atoms with Crippen LogP contribution in [-0.2, 0) is 9.47 Å². The van der Waals surface area contributed by atoms with Crippen molar-refractivity contribution in [3.63, 3.8) is 0 Å². The smallest absolute Gasteiger partial charge is 0.191 e. The molecule has 1 aromatic heterocycles. The molecule has 3 N–H and O–H groups in total. The molecule has 0 spiro atoms. The van der Waals surface area contributed by atoms with Crippen molar-refractivity contribution in [2.75, 3.05) is 31.5 Å². The molecule has 2 aromatic rings. The van der Waals surface area contributed by atoms with Gasteiger partial charge in [-0.15, -0.1) is 11.3 Å². The normalized spacial score (nSPS) is 16.0. The molecule has 0 amide bonds. The number of fused-ring (bicyclic) bond motifs is 1. The minimum Gasteiger partial charge on any atom is -0.507 e. The Morgan fingerprint density at radius 2 is 2.07 bits per heavy atom. The molecule has 152 valence electrons. The Balaban J connectivity index is 1.82. The molecule has 1 aromatic carbocycles. The summed E-state index contributed by atoms with van der Waals surface area (Å²) in [5, 5.41) is 20.3. The van der Waals surface area contributed by atoms with Crippen LogP contribution in [0.3, 0.4) is 0 Å². The third-order valence-corrected chi connectivity index (χ3v) is 5.33. The number of aliphatic hydroxyl groups is 1. The highest BCUT2D eigenvalue weighted by atomic mass is 35.5. The number of anilines is 2. The van der Waals surface area contributed by atoms with E-state index in [0.717, 1.165) is 10.8 Å². The van der Waals surface area contributed by atoms with Crippen LogP contribution in [0.1, 0.15) is 31.1 Å². The summed E-state index contributed by atoms with van der Waals surface area (Å²) in [4.78, 5) is 4.60. The fraction of sp³-hybridized carbons (Fsp3) is 0.421. The number of thiazole rings is 1. The van der Waals surface area contributed by atoms with Crippen LogP contribution in [-0.4, -0.2) is 43.2 Å². The number of hydrogen-bond acceptors (Lipinski definition) is 8. The van der Waals surface area contributed by atoms with Gasteiger partial charge in [-0.25, -0.2) is 4.98 Å². The van der Waals surface area contributed by atoms with E-state index in [1.54, 1.807) is 18.2 Å². The van der Waals surface area contributed by atoms with Crippen molar-refractivity contribution < 1.29 is 19.3 Å². The number of nitrogens with one attached hydrogen (secondary N) is 2. The SMILES string of the molecule is COC(COc1ccc2c(c1Cl)NC(c1csc(NC(C)C)n1)C=C2O)OC. The summed E-state index contributed by atoms with van der Waals surface area (Å²) in [6, 6.07) is 3.46. The van der Waals surface area contributed by atoms with Gasteiger partial charge < -0.3 is 30.0 Å². The van der Waals surface area contributed by atoms with E-state index >= 15 is 0 Å². The molecule has 0 radical (unpaired) electrons. The number of aromatic nitrogens is 1. The lowest BCUT2D eigenvalue weighted by Gasteiger charge is -2.25. The Labute approximate surface area is 173 Å². The maximum Gasteiger partial charge on any atom is 0.191 e. The number of rotatable bonds is 8. The maximum absolute atomic E-state index is 10.5. The summed E-state index contributed by atoms with van der Waals surface area (Å²) in [5.74, 6) is 0.617. The van der Waals surface area contributed by atoms with Gasteiger partial charge in [0.15, 0.2) is 11.4 Å². The van der Waals surface area contributed by atoms with Gasteiger partial charge in [0.05, 0.1) is 17.4 Å². The fourth-order valence-corrected chi connectivity index (χ4v) is 3.93. The molecule has 0 bridgehead atoms. The molecule has 1 aliphatic rings. The molecule has 0 saturated heterocycles. The van der Waals surface area contributed by atoms with E-state index in [1.165, 1.54) is 25.6 Å². The number of hydrogen-bond donors (Lipinski definition) is 3. The molecule has 1 aliphatic heterocycles. The van der Waals surface area contributed by atoms with Crippen LogP contribution in [0.4, 0.5) is 10.8 Å². The molecular formula is C19H24ClN3O4S. The van der Waals surface area contributed by atoms with E-state index in [4.69, 9.17) is 25.8 Å². The molecule has 2 heterocycles. The molecule has 28 heavy (non-hydrogen) atoms. The summed E-state index contributed by atoms with van der Waals surface area (Å²) < 4.78 is 16.0. The van der Waals surface area contributed by atoms with Gasteiger partial charge in [-0.1, -0.05) is 11.6 Å². The zero-order valence-corrected chi connectivity index (χ0v) is 17.7. The lowest BCUT2D eigenvalue weighted by Crippen LogP contribution is -2.22. The predicted octanol–water partition coefficient (Wildman–Crippen LogP) is 4.68. The Morgan fingerprint density at radius 1 is 1.32 bits per heavy atom. The minimum absolute atomic E-state index is 0.144. The second-order valence-electron chi connectivity index (χ2n) is 6.56. The molecule has 1 unspecified atom stereocenters. The van der Waals surface area contributed by atoms with Crippen LogP contribution in [0.2, 0.25) is 5.02 Å². The lowest BCUT2D eigenvalue weighted by atomic mass is 10.0. The summed E-state index contributed by atoms with van der Waals surface area (Å²) in [6.07, 6.45) is 1.22. The maximum atomic E-state index is 10.5. The van der Waals surface area contributed by atoms with Crippen LogP contribution in [0.5, 0.6) is 5.75 Å². The second-order valence-corrected chi connectivity index (χ2v) is 7.80. The van der Waals surface area contributed by atoms with Crippen LogP contribution in [0, 0.1) is 0 Å². The number of benzene rings is 1. The van der Waals surface area contributed by atoms with E-state index in [2.05, 4.69) is 29.5 Å². The van der Waals surface area contributed by atoms with Crippen molar-refractivity contribution in [2.45, 2.75) is 32.2 Å². The van der Waals surface area contributed by atoms with Gasteiger partial charge in [-0.2, -0.15) is 0 Å². The Kier molecular flexibility index (Phi) is 6.66. The Hall–Kier alpha value is -2.00.